The number of pyridine rings is 1. The molecule has 1 fully saturated rings. The van der Waals surface area contributed by atoms with E-state index in [1.807, 2.05) is 0 Å². The Bertz CT molecular complexity index is 605. The second kappa shape index (κ2) is 7.68. The Balaban J connectivity index is 1.97. The molecule has 1 aromatic heterocycles. The van der Waals surface area contributed by atoms with E-state index in [0.29, 0.717) is 25.3 Å². The Labute approximate surface area is 133 Å². The van der Waals surface area contributed by atoms with Crippen molar-refractivity contribution in [2.75, 3.05) is 39.2 Å². The summed E-state index contributed by atoms with van der Waals surface area (Å²) in [4.78, 5) is 41.2. The fourth-order valence-electron chi connectivity index (χ4n) is 2.34. The van der Waals surface area contributed by atoms with Crippen LogP contribution in [0.2, 0.25) is 0 Å². The van der Waals surface area contributed by atoms with Gasteiger partial charge in [0, 0.05) is 32.8 Å². The van der Waals surface area contributed by atoms with Crippen LogP contribution in [0.3, 0.4) is 0 Å². The van der Waals surface area contributed by atoms with Crippen LogP contribution in [0.5, 0.6) is 0 Å². The molecule has 1 aliphatic rings. The van der Waals surface area contributed by atoms with E-state index >= 15 is 0 Å². The minimum atomic E-state index is -0.510. The highest BCUT2D eigenvalue weighted by molar-refractivity contribution is 5.97. The molecule has 0 bridgehead atoms. The van der Waals surface area contributed by atoms with Gasteiger partial charge in [0.2, 0.25) is 11.8 Å². The van der Waals surface area contributed by atoms with Crippen molar-refractivity contribution in [3.8, 4) is 0 Å². The largest absolute Gasteiger partial charge is 0.465 e. The van der Waals surface area contributed by atoms with Gasteiger partial charge in [-0.15, -0.1) is 0 Å². The van der Waals surface area contributed by atoms with E-state index in [1.54, 1.807) is 12.0 Å². The quantitative estimate of drug-likeness (QED) is 0.757. The molecule has 1 N–H and O–H groups in total. The van der Waals surface area contributed by atoms with Gasteiger partial charge in [-0.2, -0.15) is 0 Å². The third-order valence-electron chi connectivity index (χ3n) is 3.58. The first-order chi connectivity index (χ1) is 11.0. The number of hydrogen-bond donors (Lipinski definition) is 1. The third kappa shape index (κ3) is 4.26. The number of carbonyl (C=O) groups is 3. The Hall–Kier alpha value is -2.48. The lowest BCUT2D eigenvalue weighted by atomic mass is 10.1. The Morgan fingerprint density at radius 1 is 1.43 bits per heavy atom. The standard InChI is InChI=1S/C15H19N3O5/c1-22-6-5-18-9-11(8-13(18)19)14(20)17-12-7-10(3-4-16-12)15(21)23-2/h3-4,7,11H,5-6,8-9H2,1-2H3,(H,16,17,20). The number of hydrogen-bond acceptors (Lipinski definition) is 6. The molecule has 2 heterocycles. The summed E-state index contributed by atoms with van der Waals surface area (Å²) < 4.78 is 9.56. The van der Waals surface area contributed by atoms with Crippen LogP contribution in [0, 0.1) is 5.92 Å². The van der Waals surface area contributed by atoms with Crippen molar-refractivity contribution in [1.82, 2.24) is 9.88 Å². The number of ether oxygens (including phenoxy) is 2. The molecule has 1 aliphatic heterocycles. The third-order valence-corrected chi connectivity index (χ3v) is 3.58. The molecule has 1 aromatic rings. The van der Waals surface area contributed by atoms with Gasteiger partial charge in [-0.3, -0.25) is 9.59 Å². The fourth-order valence-corrected chi connectivity index (χ4v) is 2.34. The molecule has 0 saturated carbocycles. The van der Waals surface area contributed by atoms with Gasteiger partial charge >= 0.3 is 5.97 Å². The molecule has 8 nitrogen and oxygen atoms in total. The van der Waals surface area contributed by atoms with E-state index in [4.69, 9.17) is 4.74 Å². The minimum absolute atomic E-state index is 0.0709. The SMILES string of the molecule is COCCN1CC(C(=O)Nc2cc(C(=O)OC)ccn2)CC1=O. The molecule has 2 rings (SSSR count). The van der Waals surface area contributed by atoms with Crippen LogP contribution in [0.25, 0.3) is 0 Å². The molecule has 0 aromatic carbocycles. The normalized spacial score (nSPS) is 17.2. The molecule has 23 heavy (non-hydrogen) atoms. The monoisotopic (exact) mass is 321 g/mol. The number of anilines is 1. The van der Waals surface area contributed by atoms with Gasteiger partial charge in [0.05, 0.1) is 25.2 Å². The van der Waals surface area contributed by atoms with Crippen molar-refractivity contribution in [1.29, 1.82) is 0 Å². The van der Waals surface area contributed by atoms with Crippen LogP contribution in [0.1, 0.15) is 16.8 Å². The highest BCUT2D eigenvalue weighted by Gasteiger charge is 2.34. The molecule has 1 saturated heterocycles. The van der Waals surface area contributed by atoms with Crippen LogP contribution >= 0.6 is 0 Å². The molecule has 124 valence electrons. The van der Waals surface area contributed by atoms with Crippen molar-refractivity contribution in [3.05, 3.63) is 23.9 Å². The van der Waals surface area contributed by atoms with Crippen LogP contribution in [-0.2, 0) is 19.1 Å². The summed E-state index contributed by atoms with van der Waals surface area (Å²) >= 11 is 0. The number of aromatic nitrogens is 1. The zero-order valence-corrected chi connectivity index (χ0v) is 13.1. The smallest absolute Gasteiger partial charge is 0.338 e. The lowest BCUT2D eigenvalue weighted by Gasteiger charge is -2.15. The van der Waals surface area contributed by atoms with Crippen molar-refractivity contribution < 1.29 is 23.9 Å². The number of amides is 2. The molecule has 1 atom stereocenters. The predicted molar refractivity (Wildman–Crippen MR) is 80.8 cm³/mol. The zero-order chi connectivity index (χ0) is 16.8. The van der Waals surface area contributed by atoms with Crippen LogP contribution < -0.4 is 5.32 Å². The van der Waals surface area contributed by atoms with Crippen LogP contribution in [-0.4, -0.2) is 61.6 Å². The summed E-state index contributed by atoms with van der Waals surface area (Å²) in [5.74, 6) is -1.07. The van der Waals surface area contributed by atoms with Crippen molar-refractivity contribution in [3.63, 3.8) is 0 Å². The maximum Gasteiger partial charge on any atom is 0.338 e. The van der Waals surface area contributed by atoms with Gasteiger partial charge in [0.1, 0.15) is 5.82 Å². The van der Waals surface area contributed by atoms with Gasteiger partial charge in [0.15, 0.2) is 0 Å². The first kappa shape index (κ1) is 16.9. The molecule has 0 spiro atoms. The van der Waals surface area contributed by atoms with E-state index in [-0.39, 0.29) is 24.1 Å². The Morgan fingerprint density at radius 3 is 2.91 bits per heavy atom. The average Bonchev–Trinajstić information content (AvgIpc) is 2.93. The van der Waals surface area contributed by atoms with Gasteiger partial charge in [-0.1, -0.05) is 0 Å². The van der Waals surface area contributed by atoms with Gasteiger partial charge in [-0.05, 0) is 12.1 Å². The summed E-state index contributed by atoms with van der Waals surface area (Å²) in [6.07, 6.45) is 1.57. The van der Waals surface area contributed by atoms with Crippen molar-refractivity contribution in [2.24, 2.45) is 5.92 Å². The van der Waals surface area contributed by atoms with Crippen LogP contribution in [0.15, 0.2) is 18.3 Å². The molecular weight excluding hydrogens is 302 g/mol. The lowest BCUT2D eigenvalue weighted by Crippen LogP contribution is -2.31. The number of carbonyl (C=O) groups excluding carboxylic acids is 3. The summed E-state index contributed by atoms with van der Waals surface area (Å²) in [7, 11) is 2.84. The minimum Gasteiger partial charge on any atom is -0.465 e. The number of likely N-dealkylation sites (tertiary alicyclic amines) is 1. The van der Waals surface area contributed by atoms with Gasteiger partial charge < -0.3 is 19.7 Å². The summed E-state index contributed by atoms with van der Waals surface area (Å²) in [5, 5.41) is 2.63. The Kier molecular flexibility index (Phi) is 5.64. The van der Waals surface area contributed by atoms with Crippen molar-refractivity contribution >= 4 is 23.6 Å². The summed E-state index contributed by atoms with van der Waals surface area (Å²) in [5.41, 5.74) is 0.294. The van der Waals surface area contributed by atoms with Gasteiger partial charge in [-0.25, -0.2) is 9.78 Å². The molecule has 8 heteroatoms. The first-order valence-electron chi connectivity index (χ1n) is 7.17. The summed E-state index contributed by atoms with van der Waals surface area (Å²) in [6.45, 7) is 1.25. The number of rotatable bonds is 6. The van der Waals surface area contributed by atoms with E-state index in [0.717, 1.165) is 0 Å². The molecule has 2 amide bonds. The topological polar surface area (TPSA) is 97.8 Å². The number of esters is 1. The van der Waals surface area contributed by atoms with Crippen LogP contribution in [0.4, 0.5) is 5.82 Å². The predicted octanol–water partition coefficient (Wildman–Crippen LogP) is 0.302. The average molecular weight is 321 g/mol. The second-order valence-electron chi connectivity index (χ2n) is 5.14. The highest BCUT2D eigenvalue weighted by atomic mass is 16.5. The van der Waals surface area contributed by atoms with Crippen molar-refractivity contribution in [2.45, 2.75) is 6.42 Å². The van der Waals surface area contributed by atoms with E-state index in [1.165, 1.54) is 25.4 Å². The first-order valence-corrected chi connectivity index (χ1v) is 7.17. The number of methoxy groups -OCH3 is 2. The van der Waals surface area contributed by atoms with E-state index < -0.39 is 11.9 Å². The number of nitrogens with zero attached hydrogens (tertiary/aromatic N) is 2. The fraction of sp³-hybridized carbons (Fsp3) is 0.467. The molecule has 0 radical (unpaired) electrons. The molecular formula is C15H19N3O5. The highest BCUT2D eigenvalue weighted by Crippen LogP contribution is 2.19. The Morgan fingerprint density at radius 2 is 2.22 bits per heavy atom. The number of nitrogens with one attached hydrogen (secondary N) is 1. The zero-order valence-electron chi connectivity index (χ0n) is 13.1. The van der Waals surface area contributed by atoms with E-state index in [2.05, 4.69) is 15.0 Å². The molecule has 1 unspecified atom stereocenters. The summed E-state index contributed by atoms with van der Waals surface area (Å²) in [6, 6.07) is 2.93. The lowest BCUT2D eigenvalue weighted by molar-refractivity contribution is -0.128. The maximum absolute atomic E-state index is 12.3. The second-order valence-corrected chi connectivity index (χ2v) is 5.14. The van der Waals surface area contributed by atoms with Gasteiger partial charge in [0.25, 0.3) is 0 Å². The maximum atomic E-state index is 12.3. The molecule has 0 aliphatic carbocycles. The van der Waals surface area contributed by atoms with E-state index in [9.17, 15) is 14.4 Å².